The molecular weight excluding hydrogens is 785 g/mol. The van der Waals surface area contributed by atoms with Crippen LogP contribution in [0.2, 0.25) is 0 Å². The number of aliphatic hydroxyl groups excluding tert-OH is 4. The summed E-state index contributed by atoms with van der Waals surface area (Å²) in [6.07, 6.45) is 0.140. The molecule has 0 aromatic heterocycles. The first-order valence-electron chi connectivity index (χ1n) is 20.0. The number of nitrogens with zero attached hydrogens (tertiary/aromatic N) is 4. The van der Waals surface area contributed by atoms with Crippen molar-refractivity contribution >= 4 is 18.3 Å². The Morgan fingerprint density at radius 2 is 1.10 bits per heavy atom. The van der Waals surface area contributed by atoms with Crippen LogP contribution in [0.25, 0.3) is 0 Å². The van der Waals surface area contributed by atoms with Crippen LogP contribution in [0.4, 0.5) is 14.4 Å². The average Bonchev–Trinajstić information content (AvgIpc) is 3.83. The predicted molar refractivity (Wildman–Crippen MR) is 248 cm³/mol. The maximum absolute atomic E-state index is 12.1. The van der Waals surface area contributed by atoms with Crippen molar-refractivity contribution in [1.82, 2.24) is 30.2 Å². The van der Waals surface area contributed by atoms with Gasteiger partial charge in [0.1, 0.15) is 17.8 Å². The summed E-state index contributed by atoms with van der Waals surface area (Å²) < 4.78 is 15.8. The summed E-state index contributed by atoms with van der Waals surface area (Å²) in [5, 5.41) is 42.4. The second-order valence-electron chi connectivity index (χ2n) is 17.4. The van der Waals surface area contributed by atoms with Gasteiger partial charge in [0.05, 0.1) is 31.4 Å². The lowest BCUT2D eigenvalue weighted by molar-refractivity contribution is 0.0260. The van der Waals surface area contributed by atoms with Crippen molar-refractivity contribution in [3.05, 3.63) is 35.9 Å². The first kappa shape index (κ1) is 64.4. The van der Waals surface area contributed by atoms with Crippen molar-refractivity contribution in [1.29, 1.82) is 0 Å². The number of carbonyl (C=O) groups excluding carboxylic acids is 3. The lowest BCUT2D eigenvalue weighted by Crippen LogP contribution is -2.36. The van der Waals surface area contributed by atoms with Crippen LogP contribution in [0.15, 0.2) is 30.3 Å². The van der Waals surface area contributed by atoms with E-state index in [1.54, 1.807) is 25.7 Å². The van der Waals surface area contributed by atoms with E-state index in [-0.39, 0.29) is 66.9 Å². The second kappa shape index (κ2) is 32.4. The molecule has 0 aliphatic carbocycles. The van der Waals surface area contributed by atoms with Crippen LogP contribution in [0.1, 0.15) is 96.1 Å². The molecule has 3 fully saturated rings. The van der Waals surface area contributed by atoms with E-state index in [1.165, 1.54) is 4.90 Å². The number of amides is 3. The third kappa shape index (κ3) is 28.1. The zero-order valence-corrected chi connectivity index (χ0v) is 36.6. The first-order chi connectivity index (χ1) is 26.6. The summed E-state index contributed by atoms with van der Waals surface area (Å²) in [6, 6.07) is 9.43. The fourth-order valence-electron chi connectivity index (χ4n) is 6.22. The number of carbonyl (C=O) groups is 3. The van der Waals surface area contributed by atoms with E-state index in [1.807, 2.05) is 65.2 Å². The number of nitrogens with one attached hydrogen (secondary N) is 2. The van der Waals surface area contributed by atoms with E-state index in [9.17, 15) is 29.7 Å². The van der Waals surface area contributed by atoms with Crippen molar-refractivity contribution in [2.45, 2.75) is 127 Å². The highest BCUT2D eigenvalue weighted by atomic mass is 16.6. The standard InChI is InChI=1S/C19H28N2O5.C13H26N2O3.C8H18N2O.CH4O.4CH4/c1-19(2,3)26-18(24)21-11-15(16(22)12-21)9-10-20-17(23)25-13-14-7-5-4-6-8-14;1-13(2,3)18-12(17)15-8-10(11(16)9-15)6-7-14(4)5;1-10(2)4-3-7-5-9-6-8(7)11;1-2;;;;/h4-8,15-16,22H,9-13H2,1-3H3,(H,20,23);10-11,16H,6-9H2,1-5H3;7-9,11H,3-6H2,1-2H3;2H,1H3;4*1H4/t15-,16-;10-,11-;7-,8-;;;;;/m000...../s1. The van der Waals surface area contributed by atoms with Crippen LogP contribution >= 0.6 is 0 Å². The van der Waals surface area contributed by atoms with Crippen LogP contribution in [0.3, 0.4) is 0 Å². The van der Waals surface area contributed by atoms with Crippen LogP contribution in [0.5, 0.6) is 0 Å². The molecule has 3 aliphatic heterocycles. The molecule has 3 saturated heterocycles. The molecule has 6 N–H and O–H groups in total. The summed E-state index contributed by atoms with van der Waals surface area (Å²) in [4.78, 5) is 43.0. The number of benzene rings is 1. The van der Waals surface area contributed by atoms with E-state index in [0.717, 1.165) is 51.7 Å². The van der Waals surface area contributed by atoms with Crippen LogP contribution in [-0.4, -0.2) is 182 Å². The highest BCUT2D eigenvalue weighted by molar-refractivity contribution is 5.69. The number of aliphatic hydroxyl groups is 4. The Labute approximate surface area is 371 Å². The van der Waals surface area contributed by atoms with Gasteiger partial charge in [-0.05, 0) is 114 Å². The molecule has 0 radical (unpaired) electrons. The molecule has 0 unspecified atom stereocenters. The van der Waals surface area contributed by atoms with Crippen LogP contribution < -0.4 is 10.6 Å². The fourth-order valence-corrected chi connectivity index (χ4v) is 6.22. The molecule has 4 rings (SSSR count). The molecule has 3 heterocycles. The molecule has 16 nitrogen and oxygen atoms in total. The summed E-state index contributed by atoms with van der Waals surface area (Å²) in [7, 11) is 9.14. The predicted octanol–water partition coefficient (Wildman–Crippen LogP) is 5.37. The Kier molecular flexibility index (Phi) is 34.2. The number of alkyl carbamates (subject to hydrolysis) is 1. The second-order valence-corrected chi connectivity index (χ2v) is 17.4. The van der Waals surface area contributed by atoms with Gasteiger partial charge in [0.2, 0.25) is 0 Å². The molecule has 0 saturated carbocycles. The Balaban J connectivity index is -0.000000407. The molecule has 0 bridgehead atoms. The molecule has 3 amide bonds. The van der Waals surface area contributed by atoms with Crippen molar-refractivity contribution < 1.29 is 49.0 Å². The van der Waals surface area contributed by atoms with Crippen molar-refractivity contribution in [3.63, 3.8) is 0 Å². The number of rotatable bonds is 11. The van der Waals surface area contributed by atoms with Crippen molar-refractivity contribution in [2.24, 2.45) is 17.8 Å². The zero-order chi connectivity index (χ0) is 43.3. The van der Waals surface area contributed by atoms with E-state index >= 15 is 0 Å². The minimum atomic E-state index is -0.621. The molecule has 1 aromatic rings. The summed E-state index contributed by atoms with van der Waals surface area (Å²) in [6.45, 7) is 16.9. The number of β-amino-alcohol motifs (C(OH)–C–C–N with tert-alkyl or cyclic N) is 3. The molecule has 0 spiro atoms. The molecule has 362 valence electrons. The van der Waals surface area contributed by atoms with Gasteiger partial charge in [-0.25, -0.2) is 14.4 Å². The Bertz CT molecular complexity index is 1280. The van der Waals surface area contributed by atoms with Gasteiger partial charge in [0, 0.05) is 51.7 Å². The number of likely N-dealkylation sites (tertiary alicyclic amines) is 2. The summed E-state index contributed by atoms with van der Waals surface area (Å²) in [5.74, 6) is 0.522. The van der Waals surface area contributed by atoms with Crippen LogP contribution in [-0.2, 0) is 20.8 Å². The molecule has 61 heavy (non-hydrogen) atoms. The topological polar surface area (TPSA) is 197 Å². The summed E-state index contributed by atoms with van der Waals surface area (Å²) in [5.41, 5.74) is -0.129. The number of hydrogen-bond acceptors (Lipinski definition) is 13. The third-order valence-electron chi connectivity index (χ3n) is 9.31. The Hall–Kier alpha value is -3.25. The zero-order valence-electron chi connectivity index (χ0n) is 36.6. The fraction of sp³-hybridized carbons (Fsp3) is 0.800. The van der Waals surface area contributed by atoms with E-state index in [0.29, 0.717) is 38.5 Å². The lowest BCUT2D eigenvalue weighted by Gasteiger charge is -2.24. The lowest BCUT2D eigenvalue weighted by atomic mass is 10.0. The van der Waals surface area contributed by atoms with Crippen molar-refractivity contribution in [2.75, 3.05) is 94.2 Å². The molecule has 6 atom stereocenters. The molecule has 3 aliphatic rings. The maximum atomic E-state index is 12.1. The molecule has 16 heteroatoms. The van der Waals surface area contributed by atoms with Gasteiger partial charge in [0.15, 0.2) is 0 Å². The number of ether oxygens (including phenoxy) is 3. The SMILES string of the molecule is C.C.C.C.CC(C)(C)OC(=O)N1C[C@H](CCNC(=O)OCc2ccccc2)[C@@H](O)C1.CN(C)CC[C@H]1CN(C(=O)OC(C)(C)C)C[C@@H]1O.CN(C)CC[C@H]1CNC[C@@H]1O.CO. The Morgan fingerprint density at radius 3 is 1.49 bits per heavy atom. The maximum Gasteiger partial charge on any atom is 0.410 e. The van der Waals surface area contributed by atoms with E-state index in [4.69, 9.17) is 19.3 Å². The van der Waals surface area contributed by atoms with Gasteiger partial charge in [0.25, 0.3) is 0 Å². The first-order valence-corrected chi connectivity index (χ1v) is 20.0. The third-order valence-corrected chi connectivity index (χ3v) is 9.31. The monoisotopic (exact) mass is 877 g/mol. The van der Waals surface area contributed by atoms with E-state index in [2.05, 4.69) is 34.5 Å². The van der Waals surface area contributed by atoms with Gasteiger partial charge < -0.3 is 64.9 Å². The molecular formula is C45H92N6O10. The highest BCUT2D eigenvalue weighted by Crippen LogP contribution is 2.24. The Morgan fingerprint density at radius 1 is 0.672 bits per heavy atom. The summed E-state index contributed by atoms with van der Waals surface area (Å²) >= 11 is 0. The van der Waals surface area contributed by atoms with Gasteiger partial charge >= 0.3 is 18.3 Å². The average molecular weight is 877 g/mol. The van der Waals surface area contributed by atoms with Gasteiger partial charge in [-0.2, -0.15) is 0 Å². The minimum Gasteiger partial charge on any atom is -0.445 e. The molecule has 1 aromatic carbocycles. The van der Waals surface area contributed by atoms with Crippen LogP contribution in [0, 0.1) is 17.8 Å². The largest absolute Gasteiger partial charge is 0.445 e. The van der Waals surface area contributed by atoms with Gasteiger partial charge in [-0.15, -0.1) is 0 Å². The highest BCUT2D eigenvalue weighted by Gasteiger charge is 2.37. The van der Waals surface area contributed by atoms with Crippen molar-refractivity contribution in [3.8, 4) is 0 Å². The van der Waals surface area contributed by atoms with Gasteiger partial charge in [-0.1, -0.05) is 60.0 Å². The minimum absolute atomic E-state index is 0. The number of hydrogen-bond donors (Lipinski definition) is 6. The van der Waals surface area contributed by atoms with Gasteiger partial charge in [-0.3, -0.25) is 0 Å². The van der Waals surface area contributed by atoms with E-state index < -0.39 is 35.6 Å². The smallest absolute Gasteiger partial charge is 0.410 e. The quantitative estimate of drug-likeness (QED) is 0.156. The normalized spacial score (nSPS) is 21.6.